The van der Waals surface area contributed by atoms with E-state index in [4.69, 9.17) is 4.74 Å². The Bertz CT molecular complexity index is 134. The molecule has 56 valence electrons. The van der Waals surface area contributed by atoms with Crippen molar-refractivity contribution in [3.05, 3.63) is 37.0 Å². The van der Waals surface area contributed by atoms with Crippen LogP contribution in [-0.4, -0.2) is 13.2 Å². The van der Waals surface area contributed by atoms with Gasteiger partial charge in [-0.15, -0.1) is 0 Å². The van der Waals surface area contributed by atoms with Crippen molar-refractivity contribution in [3.63, 3.8) is 0 Å². The second-order valence-electron chi connectivity index (χ2n) is 1.82. The molecule has 0 amide bonds. The predicted octanol–water partition coefficient (Wildman–Crippen LogP) is 2.32. The van der Waals surface area contributed by atoms with Gasteiger partial charge >= 0.3 is 0 Å². The van der Waals surface area contributed by atoms with Crippen molar-refractivity contribution >= 4 is 0 Å². The molecule has 0 aromatic carbocycles. The van der Waals surface area contributed by atoms with E-state index in [0.29, 0.717) is 6.61 Å². The molecule has 0 fully saturated rings. The van der Waals surface area contributed by atoms with Gasteiger partial charge in [-0.05, 0) is 12.5 Å². The zero-order valence-corrected chi connectivity index (χ0v) is 6.47. The van der Waals surface area contributed by atoms with E-state index in [-0.39, 0.29) is 0 Å². The fourth-order valence-corrected chi connectivity index (χ4v) is 0.546. The quantitative estimate of drug-likeness (QED) is 0.530. The molecule has 0 bridgehead atoms. The summed E-state index contributed by atoms with van der Waals surface area (Å²) in [6.45, 7) is 10.5. The van der Waals surface area contributed by atoms with E-state index in [1.807, 2.05) is 13.0 Å². The van der Waals surface area contributed by atoms with Crippen molar-refractivity contribution < 1.29 is 4.74 Å². The largest absolute Gasteiger partial charge is 0.377 e. The van der Waals surface area contributed by atoms with E-state index in [0.717, 1.165) is 12.2 Å². The lowest BCUT2D eigenvalue weighted by molar-refractivity contribution is 0.173. The highest BCUT2D eigenvalue weighted by molar-refractivity contribution is 5.21. The first-order valence-electron chi connectivity index (χ1n) is 3.37. The first kappa shape index (κ1) is 9.18. The first-order valence-corrected chi connectivity index (χ1v) is 3.37. The van der Waals surface area contributed by atoms with Crippen LogP contribution in [0.4, 0.5) is 0 Å². The van der Waals surface area contributed by atoms with Crippen LogP contribution in [0.25, 0.3) is 0 Å². The van der Waals surface area contributed by atoms with Crippen LogP contribution in [0.3, 0.4) is 0 Å². The Morgan fingerprint density at radius 3 is 2.60 bits per heavy atom. The van der Waals surface area contributed by atoms with Crippen LogP contribution < -0.4 is 0 Å². The molecule has 0 unspecified atom stereocenters. The zero-order chi connectivity index (χ0) is 7.82. The third-order valence-corrected chi connectivity index (χ3v) is 1.07. The second kappa shape index (κ2) is 6.30. The molecule has 0 rings (SSSR count). The summed E-state index contributed by atoms with van der Waals surface area (Å²) in [5.41, 5.74) is 1.07. The second-order valence-corrected chi connectivity index (χ2v) is 1.82. The van der Waals surface area contributed by atoms with Crippen LogP contribution in [-0.2, 0) is 4.74 Å². The van der Waals surface area contributed by atoms with Gasteiger partial charge in [0.2, 0.25) is 0 Å². The molecule has 0 aromatic heterocycles. The van der Waals surface area contributed by atoms with Crippen molar-refractivity contribution in [2.24, 2.45) is 0 Å². The maximum Gasteiger partial charge on any atom is 0.0716 e. The Balaban J connectivity index is 3.70. The molecular weight excluding hydrogens is 124 g/mol. The molecular formula is C9H14O. The summed E-state index contributed by atoms with van der Waals surface area (Å²) in [7, 11) is 0. The van der Waals surface area contributed by atoms with Gasteiger partial charge in [-0.1, -0.05) is 31.4 Å². The van der Waals surface area contributed by atoms with Crippen LogP contribution in [0, 0.1) is 0 Å². The van der Waals surface area contributed by atoms with Gasteiger partial charge in [0, 0.05) is 6.61 Å². The van der Waals surface area contributed by atoms with Gasteiger partial charge in [0.15, 0.2) is 0 Å². The maximum atomic E-state index is 5.15. The van der Waals surface area contributed by atoms with Crippen molar-refractivity contribution in [1.29, 1.82) is 0 Å². The number of allylic oxidation sites excluding steroid dienone is 2. The van der Waals surface area contributed by atoms with Gasteiger partial charge < -0.3 is 4.74 Å². The van der Waals surface area contributed by atoms with Gasteiger partial charge in [0.1, 0.15) is 0 Å². The standard InChI is InChI=1S/C9H14O/c1-4-7-9(5-2)8-10-6-3/h4-5,7H,1-2,6,8H2,3H3. The lowest BCUT2D eigenvalue weighted by Gasteiger charge is -1.99. The molecule has 0 aliphatic rings. The Morgan fingerprint density at radius 2 is 2.20 bits per heavy atom. The summed E-state index contributed by atoms with van der Waals surface area (Å²) >= 11 is 0. The molecule has 0 N–H and O–H groups in total. The predicted molar refractivity (Wildman–Crippen MR) is 45.0 cm³/mol. The molecule has 0 atom stereocenters. The molecule has 0 heterocycles. The van der Waals surface area contributed by atoms with E-state index in [1.165, 1.54) is 0 Å². The summed E-state index contributed by atoms with van der Waals surface area (Å²) in [5.74, 6) is 0. The number of hydrogen-bond donors (Lipinski definition) is 0. The fraction of sp³-hybridized carbons (Fsp3) is 0.333. The lowest BCUT2D eigenvalue weighted by Crippen LogP contribution is -1.94. The molecule has 0 saturated carbocycles. The normalized spacial score (nSPS) is 11.1. The van der Waals surface area contributed by atoms with Crippen molar-refractivity contribution in [2.45, 2.75) is 6.92 Å². The Hall–Kier alpha value is -0.820. The molecule has 0 aromatic rings. The molecule has 0 spiro atoms. The monoisotopic (exact) mass is 138 g/mol. The highest BCUT2D eigenvalue weighted by Gasteiger charge is 1.86. The minimum Gasteiger partial charge on any atom is -0.377 e. The molecule has 10 heavy (non-hydrogen) atoms. The Morgan fingerprint density at radius 1 is 1.50 bits per heavy atom. The zero-order valence-electron chi connectivity index (χ0n) is 6.47. The van der Waals surface area contributed by atoms with Crippen LogP contribution in [0.5, 0.6) is 0 Å². The fourth-order valence-electron chi connectivity index (χ4n) is 0.546. The van der Waals surface area contributed by atoms with E-state index in [2.05, 4.69) is 13.2 Å². The van der Waals surface area contributed by atoms with Crippen molar-refractivity contribution in [1.82, 2.24) is 0 Å². The lowest BCUT2D eigenvalue weighted by atomic mass is 10.2. The average Bonchev–Trinajstić information content (AvgIpc) is 1.98. The van der Waals surface area contributed by atoms with E-state index in [1.54, 1.807) is 12.2 Å². The van der Waals surface area contributed by atoms with E-state index < -0.39 is 0 Å². The summed E-state index contributed by atoms with van der Waals surface area (Å²) in [5, 5.41) is 0. The van der Waals surface area contributed by atoms with Gasteiger partial charge in [0.05, 0.1) is 6.61 Å². The average molecular weight is 138 g/mol. The Kier molecular flexibility index (Phi) is 5.79. The minimum absolute atomic E-state index is 0.631. The molecule has 0 aliphatic heterocycles. The minimum atomic E-state index is 0.631. The number of rotatable bonds is 5. The molecule has 0 radical (unpaired) electrons. The van der Waals surface area contributed by atoms with Gasteiger partial charge in [-0.25, -0.2) is 0 Å². The molecule has 1 heteroatoms. The van der Waals surface area contributed by atoms with Gasteiger partial charge in [-0.2, -0.15) is 0 Å². The smallest absolute Gasteiger partial charge is 0.0716 e. The first-order chi connectivity index (χ1) is 4.85. The van der Waals surface area contributed by atoms with Crippen LogP contribution in [0.1, 0.15) is 6.92 Å². The van der Waals surface area contributed by atoms with Crippen LogP contribution in [0.2, 0.25) is 0 Å². The summed E-state index contributed by atoms with van der Waals surface area (Å²) < 4.78 is 5.15. The third kappa shape index (κ3) is 4.10. The SMILES string of the molecule is C=CC=C(C=C)COCC. The van der Waals surface area contributed by atoms with Crippen LogP contribution in [0.15, 0.2) is 37.0 Å². The maximum absolute atomic E-state index is 5.15. The summed E-state index contributed by atoms with van der Waals surface area (Å²) in [6.07, 6.45) is 5.40. The topological polar surface area (TPSA) is 9.23 Å². The summed E-state index contributed by atoms with van der Waals surface area (Å²) in [4.78, 5) is 0. The molecule has 1 nitrogen and oxygen atoms in total. The summed E-state index contributed by atoms with van der Waals surface area (Å²) in [6, 6.07) is 0. The molecule has 0 aliphatic carbocycles. The highest BCUT2D eigenvalue weighted by atomic mass is 16.5. The van der Waals surface area contributed by atoms with Crippen molar-refractivity contribution in [3.8, 4) is 0 Å². The van der Waals surface area contributed by atoms with E-state index in [9.17, 15) is 0 Å². The Labute approximate surface area is 62.7 Å². The van der Waals surface area contributed by atoms with Crippen LogP contribution >= 0.6 is 0 Å². The van der Waals surface area contributed by atoms with Gasteiger partial charge in [-0.3, -0.25) is 0 Å². The molecule has 0 saturated heterocycles. The number of hydrogen-bond acceptors (Lipinski definition) is 1. The third-order valence-electron chi connectivity index (χ3n) is 1.07. The van der Waals surface area contributed by atoms with Gasteiger partial charge in [0.25, 0.3) is 0 Å². The van der Waals surface area contributed by atoms with E-state index >= 15 is 0 Å². The highest BCUT2D eigenvalue weighted by Crippen LogP contribution is 1.96. The van der Waals surface area contributed by atoms with Crippen molar-refractivity contribution in [2.75, 3.05) is 13.2 Å². The number of ether oxygens (including phenoxy) is 1.